The van der Waals surface area contributed by atoms with E-state index in [0.29, 0.717) is 21.8 Å². The van der Waals surface area contributed by atoms with Gasteiger partial charge in [-0.15, -0.1) is 10.2 Å². The van der Waals surface area contributed by atoms with Crippen molar-refractivity contribution in [1.29, 1.82) is 0 Å². The van der Waals surface area contributed by atoms with Crippen molar-refractivity contribution in [2.75, 3.05) is 20.0 Å². The van der Waals surface area contributed by atoms with Gasteiger partial charge in [-0.3, -0.25) is 9.36 Å². The summed E-state index contributed by atoms with van der Waals surface area (Å²) in [6.07, 6.45) is 1.56. The highest BCUT2D eigenvalue weighted by Crippen LogP contribution is 2.29. The molecule has 1 amide bonds. The summed E-state index contributed by atoms with van der Waals surface area (Å²) in [6, 6.07) is 20.4. The smallest absolute Gasteiger partial charge is 0.250 e. The van der Waals surface area contributed by atoms with E-state index in [4.69, 9.17) is 21.1 Å². The first-order valence-electron chi connectivity index (χ1n) is 10.6. The molecule has 184 valence electrons. The number of carbonyl (C=O) groups excluding carboxylic acids is 1. The van der Waals surface area contributed by atoms with Gasteiger partial charge in [0.25, 0.3) is 5.91 Å². The number of benzene rings is 3. The Morgan fingerprint density at radius 1 is 1.08 bits per heavy atom. The lowest BCUT2D eigenvalue weighted by molar-refractivity contribution is -0.118. The molecule has 36 heavy (non-hydrogen) atoms. The molecule has 0 saturated carbocycles. The fourth-order valence-electron chi connectivity index (χ4n) is 3.22. The molecular weight excluding hydrogens is 566 g/mol. The van der Waals surface area contributed by atoms with Crippen LogP contribution in [0.5, 0.6) is 11.5 Å². The van der Waals surface area contributed by atoms with Gasteiger partial charge in [-0.05, 0) is 88.2 Å². The lowest BCUT2D eigenvalue weighted by atomic mass is 10.2. The Hall–Kier alpha value is -3.34. The molecule has 0 aliphatic heterocycles. The minimum atomic E-state index is -0.277. The largest absolute Gasteiger partial charge is 0.497 e. The van der Waals surface area contributed by atoms with Gasteiger partial charge in [-0.2, -0.15) is 5.10 Å². The van der Waals surface area contributed by atoms with Gasteiger partial charge >= 0.3 is 0 Å². The highest BCUT2D eigenvalue weighted by molar-refractivity contribution is 9.10. The summed E-state index contributed by atoms with van der Waals surface area (Å²) in [5.74, 6) is 1.90. The summed E-state index contributed by atoms with van der Waals surface area (Å²) in [5, 5.41) is 13.9. The number of nitrogens with one attached hydrogen (secondary N) is 1. The van der Waals surface area contributed by atoms with Crippen LogP contribution in [-0.4, -0.2) is 46.9 Å². The molecular formula is C25H21BrClN5O3S. The molecule has 8 nitrogen and oxygen atoms in total. The number of halogens is 2. The fraction of sp³-hybridized carbons (Fsp3) is 0.120. The SMILES string of the molecule is COc1ccc(-c2nnc(SCC(=O)N/N=C/c3ccc(OC)c(Br)c3)n2-c2ccc(Cl)cc2)cc1. The monoisotopic (exact) mass is 585 g/mol. The molecule has 0 unspecified atom stereocenters. The van der Waals surface area contributed by atoms with Crippen molar-refractivity contribution in [3.8, 4) is 28.6 Å². The van der Waals surface area contributed by atoms with Crippen LogP contribution in [0.15, 0.2) is 81.5 Å². The average molecular weight is 587 g/mol. The van der Waals surface area contributed by atoms with Crippen LogP contribution in [0.4, 0.5) is 0 Å². The number of thioether (sulfide) groups is 1. The average Bonchev–Trinajstić information content (AvgIpc) is 3.32. The van der Waals surface area contributed by atoms with E-state index >= 15 is 0 Å². The summed E-state index contributed by atoms with van der Waals surface area (Å²) in [6.45, 7) is 0. The Balaban J connectivity index is 1.49. The standard InChI is InChI=1S/C25H21BrClN5O3S/c1-34-20-10-4-17(5-11-20)24-30-31-25(32(24)19-8-6-18(27)7-9-19)36-15-23(33)29-28-14-16-3-12-22(35-2)21(26)13-16/h3-14H,15H2,1-2H3,(H,29,33)/b28-14+. The van der Waals surface area contributed by atoms with Crippen LogP contribution in [0.25, 0.3) is 17.1 Å². The van der Waals surface area contributed by atoms with Crippen LogP contribution >= 0.6 is 39.3 Å². The molecule has 0 aliphatic rings. The number of hydrazone groups is 1. The number of hydrogen-bond acceptors (Lipinski definition) is 7. The first-order chi connectivity index (χ1) is 17.5. The van der Waals surface area contributed by atoms with E-state index < -0.39 is 0 Å². The number of hydrogen-bond donors (Lipinski definition) is 1. The normalized spacial score (nSPS) is 11.0. The van der Waals surface area contributed by atoms with Gasteiger partial charge in [0.2, 0.25) is 0 Å². The highest BCUT2D eigenvalue weighted by Gasteiger charge is 2.17. The van der Waals surface area contributed by atoms with E-state index in [-0.39, 0.29) is 11.7 Å². The zero-order valence-electron chi connectivity index (χ0n) is 19.3. The van der Waals surface area contributed by atoms with E-state index in [2.05, 4.69) is 36.7 Å². The molecule has 0 atom stereocenters. The third-order valence-corrected chi connectivity index (χ3v) is 6.78. The van der Waals surface area contributed by atoms with Gasteiger partial charge in [0.1, 0.15) is 11.5 Å². The highest BCUT2D eigenvalue weighted by atomic mass is 79.9. The van der Waals surface area contributed by atoms with Crippen LogP contribution in [0.2, 0.25) is 5.02 Å². The van der Waals surface area contributed by atoms with Crippen LogP contribution in [0, 0.1) is 0 Å². The minimum absolute atomic E-state index is 0.0952. The number of ether oxygens (including phenoxy) is 2. The predicted octanol–water partition coefficient (Wildman–Crippen LogP) is 5.61. The quantitative estimate of drug-likeness (QED) is 0.156. The number of rotatable bonds is 9. The summed E-state index contributed by atoms with van der Waals surface area (Å²) < 4.78 is 13.1. The molecule has 3 aromatic carbocycles. The predicted molar refractivity (Wildman–Crippen MR) is 146 cm³/mol. The maximum Gasteiger partial charge on any atom is 0.250 e. The van der Waals surface area contributed by atoms with Crippen LogP contribution in [0.1, 0.15) is 5.56 Å². The van der Waals surface area contributed by atoms with Crippen molar-refractivity contribution < 1.29 is 14.3 Å². The van der Waals surface area contributed by atoms with E-state index in [1.165, 1.54) is 11.8 Å². The van der Waals surface area contributed by atoms with Gasteiger partial charge in [0, 0.05) is 16.3 Å². The van der Waals surface area contributed by atoms with Crippen molar-refractivity contribution in [2.45, 2.75) is 5.16 Å². The third kappa shape index (κ3) is 6.26. The van der Waals surface area contributed by atoms with Gasteiger partial charge in [-0.1, -0.05) is 23.4 Å². The molecule has 0 saturated heterocycles. The van der Waals surface area contributed by atoms with Crippen molar-refractivity contribution in [3.63, 3.8) is 0 Å². The summed E-state index contributed by atoms with van der Waals surface area (Å²) in [4.78, 5) is 12.5. The van der Waals surface area contributed by atoms with Crippen molar-refractivity contribution >= 4 is 51.4 Å². The Morgan fingerprint density at radius 2 is 1.83 bits per heavy atom. The lowest BCUT2D eigenvalue weighted by Gasteiger charge is -2.11. The number of nitrogens with zero attached hydrogens (tertiary/aromatic N) is 4. The number of aromatic nitrogens is 3. The van der Waals surface area contributed by atoms with Crippen LogP contribution in [-0.2, 0) is 4.79 Å². The molecule has 1 heterocycles. The molecule has 0 aliphatic carbocycles. The number of carbonyl (C=O) groups is 1. The Morgan fingerprint density at radius 3 is 2.50 bits per heavy atom. The number of amides is 1. The molecule has 0 fully saturated rings. The Kier molecular flexibility index (Phi) is 8.63. The van der Waals surface area contributed by atoms with E-state index in [1.54, 1.807) is 32.6 Å². The first-order valence-corrected chi connectivity index (χ1v) is 12.8. The van der Waals surface area contributed by atoms with E-state index in [1.807, 2.05) is 59.2 Å². The minimum Gasteiger partial charge on any atom is -0.497 e. The molecule has 4 aromatic rings. The van der Waals surface area contributed by atoms with Crippen LogP contribution < -0.4 is 14.9 Å². The van der Waals surface area contributed by atoms with Crippen molar-refractivity contribution in [3.05, 3.63) is 81.8 Å². The van der Waals surface area contributed by atoms with Gasteiger partial charge in [-0.25, -0.2) is 5.43 Å². The lowest BCUT2D eigenvalue weighted by Crippen LogP contribution is -2.20. The van der Waals surface area contributed by atoms with Crippen molar-refractivity contribution in [1.82, 2.24) is 20.2 Å². The topological polar surface area (TPSA) is 90.6 Å². The maximum absolute atomic E-state index is 12.5. The van der Waals surface area contributed by atoms with Crippen molar-refractivity contribution in [2.24, 2.45) is 5.10 Å². The third-order valence-electron chi connectivity index (χ3n) is 4.98. The Labute approximate surface area is 225 Å². The van der Waals surface area contributed by atoms with E-state index in [9.17, 15) is 4.79 Å². The molecule has 1 N–H and O–H groups in total. The molecule has 4 rings (SSSR count). The van der Waals surface area contributed by atoms with Gasteiger partial charge < -0.3 is 9.47 Å². The van der Waals surface area contributed by atoms with Gasteiger partial charge in [0.15, 0.2) is 11.0 Å². The molecule has 1 aromatic heterocycles. The zero-order valence-corrected chi connectivity index (χ0v) is 22.5. The van der Waals surface area contributed by atoms with Gasteiger partial charge in [0.05, 0.1) is 30.7 Å². The number of methoxy groups -OCH3 is 2. The second-order valence-electron chi connectivity index (χ2n) is 7.32. The fourth-order valence-corrected chi connectivity index (χ4v) is 4.65. The summed E-state index contributed by atoms with van der Waals surface area (Å²) in [5.41, 5.74) is 5.02. The summed E-state index contributed by atoms with van der Waals surface area (Å²) in [7, 11) is 3.21. The first kappa shape index (κ1) is 25.7. The second kappa shape index (κ2) is 12.1. The summed E-state index contributed by atoms with van der Waals surface area (Å²) >= 11 is 10.8. The zero-order chi connectivity index (χ0) is 25.5. The maximum atomic E-state index is 12.5. The molecule has 11 heteroatoms. The molecule has 0 radical (unpaired) electrons. The second-order valence-corrected chi connectivity index (χ2v) is 9.56. The molecule has 0 spiro atoms. The Bertz CT molecular complexity index is 1380. The molecule has 0 bridgehead atoms. The van der Waals surface area contributed by atoms with Crippen LogP contribution in [0.3, 0.4) is 0 Å². The van der Waals surface area contributed by atoms with E-state index in [0.717, 1.165) is 27.0 Å².